The van der Waals surface area contributed by atoms with Gasteiger partial charge in [0, 0.05) is 12.6 Å². The largest absolute Gasteiger partial charge is 0.494 e. The lowest BCUT2D eigenvalue weighted by Gasteiger charge is -2.04. The summed E-state index contributed by atoms with van der Waals surface area (Å²) in [6.07, 6.45) is -0.126. The third kappa shape index (κ3) is 4.29. The van der Waals surface area contributed by atoms with E-state index in [9.17, 15) is 14.4 Å². The first-order chi connectivity index (χ1) is 13.8. The van der Waals surface area contributed by atoms with Crippen molar-refractivity contribution in [2.24, 2.45) is 0 Å². The molecule has 0 unspecified atom stereocenters. The standard InChI is InChI=1S/C20H21N3O5S/c1-5-28-12-6-7-13-15(8-12)29-20(22-13)23-16(25)9-14-17(19(26)27-4)10(2)18(21-14)11(3)24/h6-8,21H,5,9H2,1-4H3,(H,22,23,25). The fourth-order valence-electron chi connectivity index (χ4n) is 3.06. The van der Waals surface area contributed by atoms with Crippen molar-refractivity contribution in [1.82, 2.24) is 9.97 Å². The van der Waals surface area contributed by atoms with Gasteiger partial charge in [-0.3, -0.25) is 9.59 Å². The molecule has 0 saturated heterocycles. The fourth-order valence-corrected chi connectivity index (χ4v) is 3.97. The number of H-pyrrole nitrogens is 1. The van der Waals surface area contributed by atoms with Gasteiger partial charge in [-0.15, -0.1) is 0 Å². The number of fused-ring (bicyclic) bond motifs is 1. The molecule has 29 heavy (non-hydrogen) atoms. The van der Waals surface area contributed by atoms with Gasteiger partial charge in [0.15, 0.2) is 10.9 Å². The van der Waals surface area contributed by atoms with Crippen LogP contribution in [0.1, 0.15) is 46.0 Å². The summed E-state index contributed by atoms with van der Waals surface area (Å²) in [7, 11) is 1.25. The topological polar surface area (TPSA) is 110 Å². The summed E-state index contributed by atoms with van der Waals surface area (Å²) in [6.45, 7) is 5.50. The molecule has 0 spiro atoms. The number of rotatable bonds is 7. The van der Waals surface area contributed by atoms with Crippen LogP contribution in [0, 0.1) is 6.92 Å². The molecule has 0 aliphatic heterocycles. The van der Waals surface area contributed by atoms with Crippen molar-refractivity contribution in [2.45, 2.75) is 27.2 Å². The molecule has 3 rings (SSSR count). The summed E-state index contributed by atoms with van der Waals surface area (Å²) in [6, 6.07) is 5.52. The summed E-state index contributed by atoms with van der Waals surface area (Å²) < 4.78 is 11.2. The zero-order chi connectivity index (χ0) is 21.1. The molecule has 1 amide bonds. The number of hydrogen-bond acceptors (Lipinski definition) is 7. The van der Waals surface area contributed by atoms with Crippen LogP contribution in [0.3, 0.4) is 0 Å². The molecule has 2 aromatic heterocycles. The Labute approximate surface area is 171 Å². The SMILES string of the molecule is CCOc1ccc2nc(NC(=O)Cc3[nH]c(C(C)=O)c(C)c3C(=O)OC)sc2c1. The van der Waals surface area contributed by atoms with E-state index in [0.29, 0.717) is 23.0 Å². The van der Waals surface area contributed by atoms with E-state index in [0.717, 1.165) is 16.0 Å². The van der Waals surface area contributed by atoms with Gasteiger partial charge in [0.05, 0.1) is 41.6 Å². The highest BCUT2D eigenvalue weighted by Crippen LogP contribution is 2.29. The van der Waals surface area contributed by atoms with Gasteiger partial charge in [-0.05, 0) is 37.6 Å². The van der Waals surface area contributed by atoms with Crippen LogP contribution >= 0.6 is 11.3 Å². The first-order valence-corrected chi connectivity index (χ1v) is 9.79. The molecule has 0 saturated carbocycles. The fraction of sp³-hybridized carbons (Fsp3) is 0.300. The molecule has 3 aromatic rings. The van der Waals surface area contributed by atoms with E-state index in [1.807, 2.05) is 25.1 Å². The van der Waals surface area contributed by atoms with Gasteiger partial charge in [0.1, 0.15) is 5.75 Å². The highest BCUT2D eigenvalue weighted by molar-refractivity contribution is 7.22. The molecule has 8 nitrogen and oxygen atoms in total. The maximum atomic E-state index is 12.6. The predicted molar refractivity (Wildman–Crippen MR) is 110 cm³/mol. The highest BCUT2D eigenvalue weighted by atomic mass is 32.1. The summed E-state index contributed by atoms with van der Waals surface area (Å²) >= 11 is 1.33. The third-order valence-corrected chi connectivity index (χ3v) is 5.26. The third-order valence-electron chi connectivity index (χ3n) is 4.32. The molecule has 0 radical (unpaired) electrons. The van der Waals surface area contributed by atoms with Crippen molar-refractivity contribution in [3.05, 3.63) is 40.7 Å². The van der Waals surface area contributed by atoms with E-state index in [1.54, 1.807) is 6.92 Å². The number of esters is 1. The van der Waals surface area contributed by atoms with E-state index in [2.05, 4.69) is 15.3 Å². The van der Waals surface area contributed by atoms with Crippen LogP contribution in [0.2, 0.25) is 0 Å². The Morgan fingerprint density at radius 3 is 2.69 bits per heavy atom. The molecular weight excluding hydrogens is 394 g/mol. The second kappa shape index (κ2) is 8.44. The number of carbonyl (C=O) groups excluding carboxylic acids is 3. The van der Waals surface area contributed by atoms with E-state index in [-0.39, 0.29) is 29.4 Å². The molecule has 152 valence electrons. The van der Waals surface area contributed by atoms with Crippen molar-refractivity contribution in [3.8, 4) is 5.75 Å². The lowest BCUT2D eigenvalue weighted by molar-refractivity contribution is -0.115. The van der Waals surface area contributed by atoms with Gasteiger partial charge in [0.25, 0.3) is 0 Å². The van der Waals surface area contributed by atoms with E-state index in [1.165, 1.54) is 25.4 Å². The predicted octanol–water partition coefficient (Wildman–Crippen LogP) is 3.50. The molecule has 9 heteroatoms. The van der Waals surface area contributed by atoms with Crippen LogP contribution in [0.15, 0.2) is 18.2 Å². The van der Waals surface area contributed by atoms with Crippen molar-refractivity contribution in [2.75, 3.05) is 19.0 Å². The summed E-state index contributed by atoms with van der Waals surface area (Å²) in [5.74, 6) is -0.452. The second-order valence-corrected chi connectivity index (χ2v) is 7.36. The Kier molecular flexibility index (Phi) is 5.97. The minimum Gasteiger partial charge on any atom is -0.494 e. The smallest absolute Gasteiger partial charge is 0.339 e. The number of anilines is 1. The van der Waals surface area contributed by atoms with Crippen LogP contribution in [0.5, 0.6) is 5.75 Å². The molecule has 0 fully saturated rings. The Bertz CT molecular complexity index is 1100. The summed E-state index contributed by atoms with van der Waals surface area (Å²) in [5, 5.41) is 3.18. The molecular formula is C20H21N3O5S. The number of methoxy groups -OCH3 is 1. The monoisotopic (exact) mass is 415 g/mol. The number of thiazole rings is 1. The maximum absolute atomic E-state index is 12.6. The highest BCUT2D eigenvalue weighted by Gasteiger charge is 2.24. The normalized spacial score (nSPS) is 10.8. The van der Waals surface area contributed by atoms with Crippen molar-refractivity contribution in [3.63, 3.8) is 0 Å². The van der Waals surface area contributed by atoms with Gasteiger partial charge in [-0.25, -0.2) is 9.78 Å². The molecule has 0 aliphatic rings. The zero-order valence-corrected chi connectivity index (χ0v) is 17.4. The number of hydrogen-bond donors (Lipinski definition) is 2. The minimum atomic E-state index is -0.600. The molecule has 1 aromatic carbocycles. The number of benzene rings is 1. The van der Waals surface area contributed by atoms with Gasteiger partial charge >= 0.3 is 5.97 Å². The number of nitrogens with zero attached hydrogens (tertiary/aromatic N) is 1. The van der Waals surface area contributed by atoms with Gasteiger partial charge in [-0.1, -0.05) is 11.3 Å². The van der Waals surface area contributed by atoms with Gasteiger partial charge in [0.2, 0.25) is 5.91 Å². The van der Waals surface area contributed by atoms with Crippen LogP contribution in [-0.4, -0.2) is 41.3 Å². The number of amides is 1. The lowest BCUT2D eigenvalue weighted by atomic mass is 10.1. The summed E-state index contributed by atoms with van der Waals surface area (Å²) in [4.78, 5) is 43.8. The second-order valence-electron chi connectivity index (χ2n) is 6.33. The number of aromatic amines is 1. The summed E-state index contributed by atoms with van der Waals surface area (Å²) in [5.41, 5.74) is 2.04. The Morgan fingerprint density at radius 2 is 2.03 bits per heavy atom. The van der Waals surface area contributed by atoms with E-state index < -0.39 is 5.97 Å². The molecule has 2 N–H and O–H groups in total. The molecule has 0 bridgehead atoms. The van der Waals surface area contributed by atoms with Crippen molar-refractivity contribution in [1.29, 1.82) is 0 Å². The number of Topliss-reactive ketones (excluding diaryl/α,β-unsaturated/α-hetero) is 1. The first kappa shape index (κ1) is 20.5. The van der Waals surface area contributed by atoms with Crippen LogP contribution in [-0.2, 0) is 16.0 Å². The Balaban J connectivity index is 1.82. The van der Waals surface area contributed by atoms with E-state index in [4.69, 9.17) is 9.47 Å². The van der Waals surface area contributed by atoms with Crippen LogP contribution < -0.4 is 10.1 Å². The average molecular weight is 415 g/mol. The number of ether oxygens (including phenoxy) is 2. The van der Waals surface area contributed by atoms with E-state index >= 15 is 0 Å². The average Bonchev–Trinajstić information content (AvgIpc) is 3.21. The zero-order valence-electron chi connectivity index (χ0n) is 16.5. The Morgan fingerprint density at radius 1 is 1.28 bits per heavy atom. The van der Waals surface area contributed by atoms with Gasteiger partial charge < -0.3 is 19.8 Å². The van der Waals surface area contributed by atoms with Crippen LogP contribution in [0.25, 0.3) is 10.2 Å². The maximum Gasteiger partial charge on any atom is 0.339 e. The minimum absolute atomic E-state index is 0.126. The first-order valence-electron chi connectivity index (χ1n) is 8.98. The van der Waals surface area contributed by atoms with Crippen LogP contribution in [0.4, 0.5) is 5.13 Å². The Hall–Kier alpha value is -3.20. The molecule has 2 heterocycles. The lowest BCUT2D eigenvalue weighted by Crippen LogP contribution is -2.17. The molecule has 0 aliphatic carbocycles. The number of carbonyl (C=O) groups is 3. The van der Waals surface area contributed by atoms with Gasteiger partial charge in [-0.2, -0.15) is 0 Å². The number of aromatic nitrogens is 2. The van der Waals surface area contributed by atoms with Crippen molar-refractivity contribution < 1.29 is 23.9 Å². The van der Waals surface area contributed by atoms with Crippen molar-refractivity contribution >= 4 is 44.3 Å². The molecule has 0 atom stereocenters. The quantitative estimate of drug-likeness (QED) is 0.451. The number of nitrogens with one attached hydrogen (secondary N) is 2. The number of ketones is 1.